The van der Waals surface area contributed by atoms with Gasteiger partial charge in [-0.3, -0.25) is 10.1 Å². The smallest absolute Gasteiger partial charge is 0.270 e. The maximum Gasteiger partial charge on any atom is 0.270 e. The van der Waals surface area contributed by atoms with E-state index in [0.29, 0.717) is 17.3 Å². The third kappa shape index (κ3) is 1.67. The number of benzene rings is 1. The van der Waals surface area contributed by atoms with Crippen molar-refractivity contribution in [3.63, 3.8) is 0 Å². The number of rotatable bonds is 1. The van der Waals surface area contributed by atoms with Gasteiger partial charge in [0.25, 0.3) is 5.69 Å². The van der Waals surface area contributed by atoms with Gasteiger partial charge in [0.1, 0.15) is 5.75 Å². The molecule has 2 aliphatic rings. The number of nitro groups is 1. The van der Waals surface area contributed by atoms with Gasteiger partial charge >= 0.3 is 0 Å². The van der Waals surface area contributed by atoms with Crippen LogP contribution in [0, 0.1) is 10.1 Å². The summed E-state index contributed by atoms with van der Waals surface area (Å²) in [6, 6.07) is 4.57. The molecule has 1 saturated heterocycles. The lowest BCUT2D eigenvalue weighted by atomic mass is 9.91. The van der Waals surface area contributed by atoms with Crippen molar-refractivity contribution in [2.45, 2.75) is 25.1 Å². The highest BCUT2D eigenvalue weighted by Crippen LogP contribution is 2.41. The van der Waals surface area contributed by atoms with E-state index in [2.05, 4.69) is 10.6 Å². The van der Waals surface area contributed by atoms with E-state index in [1.54, 1.807) is 12.1 Å². The Hall–Kier alpha value is -1.89. The molecule has 2 N–H and O–H groups in total. The van der Waals surface area contributed by atoms with Crippen molar-refractivity contribution in [2.75, 3.05) is 0 Å². The minimum absolute atomic E-state index is 0.0487. The zero-order valence-corrected chi connectivity index (χ0v) is 10.4. The average Bonchev–Trinajstić information content (AvgIpc) is 2.26. The van der Waals surface area contributed by atoms with Crippen LogP contribution in [0.1, 0.15) is 24.9 Å². The van der Waals surface area contributed by atoms with E-state index in [9.17, 15) is 10.1 Å². The summed E-state index contributed by atoms with van der Waals surface area (Å²) in [5.41, 5.74) is 0.300. The predicted molar refractivity (Wildman–Crippen MR) is 68.4 cm³/mol. The molecule has 2 aliphatic heterocycles. The molecular formula is C11H11N3O3S. The first-order chi connectivity index (χ1) is 8.47. The number of fused-ring (bicyclic) bond motifs is 4. The molecule has 6 nitrogen and oxygen atoms in total. The summed E-state index contributed by atoms with van der Waals surface area (Å²) in [6.45, 7) is 1.91. The number of nitrogens with one attached hydrogen (secondary N) is 2. The van der Waals surface area contributed by atoms with Crippen LogP contribution >= 0.6 is 12.2 Å². The lowest BCUT2D eigenvalue weighted by Gasteiger charge is -2.45. The van der Waals surface area contributed by atoms with Gasteiger partial charge < -0.3 is 15.4 Å². The summed E-state index contributed by atoms with van der Waals surface area (Å²) < 4.78 is 5.83. The molecule has 7 heteroatoms. The highest BCUT2D eigenvalue weighted by Gasteiger charge is 2.42. The standard InChI is InChI=1S/C11H11N3O3S/c1-11-5-8(12-10(18)13-11)7-4-6(14(15)16)2-3-9(7)17-11/h2-4,8H,5H2,1H3,(H2,12,13,18)/t8-,11-/m0/s1. The Balaban J connectivity index is 2.08. The molecule has 18 heavy (non-hydrogen) atoms. The third-order valence-electron chi connectivity index (χ3n) is 3.19. The van der Waals surface area contributed by atoms with Crippen molar-refractivity contribution in [2.24, 2.45) is 0 Å². The molecule has 1 aromatic rings. The molecule has 2 bridgehead atoms. The first-order valence-electron chi connectivity index (χ1n) is 5.53. The molecule has 0 amide bonds. The largest absolute Gasteiger partial charge is 0.468 e. The highest BCUT2D eigenvalue weighted by molar-refractivity contribution is 7.80. The van der Waals surface area contributed by atoms with E-state index >= 15 is 0 Å². The molecule has 0 unspecified atom stereocenters. The van der Waals surface area contributed by atoms with Crippen molar-refractivity contribution in [3.8, 4) is 5.75 Å². The fourth-order valence-corrected chi connectivity index (χ4v) is 2.80. The van der Waals surface area contributed by atoms with Gasteiger partial charge in [0.15, 0.2) is 10.8 Å². The average molecular weight is 265 g/mol. The van der Waals surface area contributed by atoms with E-state index in [0.717, 1.165) is 5.56 Å². The first-order valence-corrected chi connectivity index (χ1v) is 5.94. The van der Waals surface area contributed by atoms with Gasteiger partial charge in [-0.2, -0.15) is 0 Å². The summed E-state index contributed by atoms with van der Waals surface area (Å²) in [7, 11) is 0. The second-order valence-corrected chi connectivity index (χ2v) is 5.08. The van der Waals surface area contributed by atoms with Crippen LogP contribution in [-0.2, 0) is 0 Å². The van der Waals surface area contributed by atoms with E-state index < -0.39 is 10.6 Å². The van der Waals surface area contributed by atoms with Gasteiger partial charge in [0, 0.05) is 24.1 Å². The van der Waals surface area contributed by atoms with Crippen molar-refractivity contribution in [1.82, 2.24) is 10.6 Å². The molecule has 2 atom stereocenters. The van der Waals surface area contributed by atoms with Gasteiger partial charge in [-0.05, 0) is 25.2 Å². The molecule has 0 spiro atoms. The SMILES string of the molecule is C[C@]12C[C@H](NC(=S)N1)c1cc([N+](=O)[O-])ccc1O2. The van der Waals surface area contributed by atoms with Gasteiger partial charge in [0.05, 0.1) is 11.0 Å². The van der Waals surface area contributed by atoms with Crippen LogP contribution in [0.15, 0.2) is 18.2 Å². The van der Waals surface area contributed by atoms with Crippen LogP contribution in [0.3, 0.4) is 0 Å². The monoisotopic (exact) mass is 265 g/mol. The maximum atomic E-state index is 10.8. The second-order valence-electron chi connectivity index (χ2n) is 4.67. The van der Waals surface area contributed by atoms with Crippen LogP contribution in [0.4, 0.5) is 5.69 Å². The second kappa shape index (κ2) is 3.55. The Kier molecular flexibility index (Phi) is 2.21. The van der Waals surface area contributed by atoms with Gasteiger partial charge in [-0.1, -0.05) is 0 Å². The maximum absolute atomic E-state index is 10.8. The van der Waals surface area contributed by atoms with Crippen LogP contribution < -0.4 is 15.4 Å². The molecule has 1 fully saturated rings. The molecule has 0 saturated carbocycles. The predicted octanol–water partition coefficient (Wildman–Crippen LogP) is 1.61. The topological polar surface area (TPSA) is 76.4 Å². The van der Waals surface area contributed by atoms with Crippen molar-refractivity contribution in [1.29, 1.82) is 0 Å². The molecule has 3 rings (SSSR count). The number of nitrogens with zero attached hydrogens (tertiary/aromatic N) is 1. The van der Waals surface area contributed by atoms with Crippen molar-refractivity contribution >= 4 is 23.0 Å². The van der Waals surface area contributed by atoms with E-state index in [1.807, 2.05) is 6.92 Å². The van der Waals surface area contributed by atoms with Gasteiger partial charge in [-0.25, -0.2) is 0 Å². The first kappa shape index (κ1) is 11.2. The van der Waals surface area contributed by atoms with E-state index in [4.69, 9.17) is 17.0 Å². The molecular weight excluding hydrogens is 254 g/mol. The summed E-state index contributed by atoms with van der Waals surface area (Å²) in [6.07, 6.45) is 0.668. The Morgan fingerprint density at radius 2 is 2.39 bits per heavy atom. The number of thiocarbonyl (C=S) groups is 1. The molecule has 0 radical (unpaired) electrons. The number of ether oxygens (including phenoxy) is 1. The van der Waals surface area contributed by atoms with E-state index in [-0.39, 0.29) is 11.7 Å². The normalized spacial score (nSPS) is 28.5. The summed E-state index contributed by atoms with van der Waals surface area (Å²) in [4.78, 5) is 10.4. The van der Waals surface area contributed by atoms with E-state index in [1.165, 1.54) is 6.07 Å². The van der Waals surface area contributed by atoms with Crippen LogP contribution in [0.5, 0.6) is 5.75 Å². The lowest BCUT2D eigenvalue weighted by Crippen LogP contribution is -2.62. The minimum Gasteiger partial charge on any atom is -0.468 e. The summed E-state index contributed by atoms with van der Waals surface area (Å²) in [5, 5.41) is 17.5. The van der Waals surface area contributed by atoms with Crippen LogP contribution in [0.2, 0.25) is 0 Å². The number of nitro benzene ring substituents is 1. The molecule has 2 heterocycles. The molecule has 0 aromatic heterocycles. The fourth-order valence-electron chi connectivity index (χ4n) is 2.44. The lowest BCUT2D eigenvalue weighted by molar-refractivity contribution is -0.385. The van der Waals surface area contributed by atoms with Crippen LogP contribution in [-0.4, -0.2) is 15.8 Å². The van der Waals surface area contributed by atoms with Crippen molar-refractivity contribution < 1.29 is 9.66 Å². The quantitative estimate of drug-likeness (QED) is 0.456. The summed E-state index contributed by atoms with van der Waals surface area (Å²) in [5.74, 6) is 0.654. The fraction of sp³-hybridized carbons (Fsp3) is 0.364. The van der Waals surface area contributed by atoms with Crippen LogP contribution in [0.25, 0.3) is 0 Å². The molecule has 1 aromatic carbocycles. The molecule has 94 valence electrons. The zero-order valence-electron chi connectivity index (χ0n) is 9.60. The Morgan fingerprint density at radius 1 is 1.61 bits per heavy atom. The number of hydrogen-bond donors (Lipinski definition) is 2. The minimum atomic E-state index is -0.546. The zero-order chi connectivity index (χ0) is 12.9. The number of hydrogen-bond acceptors (Lipinski definition) is 4. The molecule has 0 aliphatic carbocycles. The van der Waals surface area contributed by atoms with Crippen molar-refractivity contribution in [3.05, 3.63) is 33.9 Å². The van der Waals surface area contributed by atoms with Gasteiger partial charge in [-0.15, -0.1) is 0 Å². The summed E-state index contributed by atoms with van der Waals surface area (Å²) >= 11 is 5.11. The Labute approximate surface area is 108 Å². The Morgan fingerprint density at radius 3 is 3.11 bits per heavy atom. The number of non-ortho nitro benzene ring substituents is 1. The Bertz CT molecular complexity index is 562. The van der Waals surface area contributed by atoms with Gasteiger partial charge in [0.2, 0.25) is 0 Å². The third-order valence-corrected chi connectivity index (χ3v) is 3.41. The highest BCUT2D eigenvalue weighted by atomic mass is 32.1.